The number of nitrogens with two attached hydrogens (primary N) is 1. The van der Waals surface area contributed by atoms with E-state index >= 15 is 0 Å². The summed E-state index contributed by atoms with van der Waals surface area (Å²) in [5, 5.41) is 0.652. The summed E-state index contributed by atoms with van der Waals surface area (Å²) in [4.78, 5) is 2.74. The molecule has 1 aromatic rings. The summed E-state index contributed by atoms with van der Waals surface area (Å²) in [6.07, 6.45) is 5.06. The zero-order chi connectivity index (χ0) is 12.3. The van der Waals surface area contributed by atoms with Gasteiger partial charge in [0, 0.05) is 18.8 Å². The average Bonchev–Trinajstić information content (AvgIpc) is 2.56. The molecule has 1 aromatic carbocycles. The van der Waals surface area contributed by atoms with Crippen LogP contribution in [0.5, 0.6) is 0 Å². The smallest absolute Gasteiger partial charge is 0.107 e. The molecular formula is C13H17ClN2S. The Morgan fingerprint density at radius 3 is 2.41 bits per heavy atom. The molecule has 0 bridgehead atoms. The van der Waals surface area contributed by atoms with Crippen molar-refractivity contribution in [2.24, 2.45) is 5.73 Å². The lowest BCUT2D eigenvalue weighted by Gasteiger charge is -2.25. The second-order valence-electron chi connectivity index (χ2n) is 4.40. The van der Waals surface area contributed by atoms with E-state index in [0.717, 1.165) is 24.3 Å². The maximum atomic E-state index is 6.19. The fourth-order valence-electron chi connectivity index (χ4n) is 2.33. The van der Waals surface area contributed by atoms with Crippen molar-refractivity contribution in [1.29, 1.82) is 0 Å². The molecule has 0 saturated carbocycles. The third-order valence-electron chi connectivity index (χ3n) is 3.18. The fourth-order valence-corrected chi connectivity index (χ4v) is 2.87. The van der Waals surface area contributed by atoms with Gasteiger partial charge in [0.15, 0.2) is 0 Å². The van der Waals surface area contributed by atoms with Crippen molar-refractivity contribution in [2.75, 3.05) is 18.0 Å². The van der Waals surface area contributed by atoms with E-state index in [4.69, 9.17) is 29.6 Å². The van der Waals surface area contributed by atoms with Crippen LogP contribution in [0.4, 0.5) is 5.69 Å². The van der Waals surface area contributed by atoms with Crippen LogP contribution >= 0.6 is 23.8 Å². The molecule has 0 spiro atoms. The van der Waals surface area contributed by atoms with Crippen LogP contribution in [0, 0.1) is 0 Å². The van der Waals surface area contributed by atoms with Gasteiger partial charge < -0.3 is 10.6 Å². The average molecular weight is 269 g/mol. The zero-order valence-corrected chi connectivity index (χ0v) is 11.4. The molecule has 4 heteroatoms. The number of rotatable bonds is 2. The van der Waals surface area contributed by atoms with Crippen LogP contribution in [0.3, 0.4) is 0 Å². The third-order valence-corrected chi connectivity index (χ3v) is 3.70. The van der Waals surface area contributed by atoms with E-state index in [1.807, 2.05) is 12.1 Å². The van der Waals surface area contributed by atoms with Gasteiger partial charge in [-0.3, -0.25) is 0 Å². The Hall–Kier alpha value is -0.800. The minimum Gasteiger partial charge on any atom is -0.389 e. The molecule has 0 radical (unpaired) electrons. The number of hydrogen-bond acceptors (Lipinski definition) is 2. The first-order valence-electron chi connectivity index (χ1n) is 6.03. The minimum absolute atomic E-state index is 0.384. The van der Waals surface area contributed by atoms with E-state index in [0.29, 0.717) is 10.0 Å². The summed E-state index contributed by atoms with van der Waals surface area (Å²) >= 11 is 11.3. The predicted octanol–water partition coefficient (Wildman–Crippen LogP) is 3.35. The first kappa shape index (κ1) is 12.7. The van der Waals surface area contributed by atoms with Gasteiger partial charge in [0.25, 0.3) is 0 Å². The van der Waals surface area contributed by atoms with E-state index in [-0.39, 0.29) is 0 Å². The lowest BCUT2D eigenvalue weighted by molar-refractivity contribution is 0.726. The first-order valence-corrected chi connectivity index (χ1v) is 6.82. The molecule has 1 aliphatic rings. The maximum absolute atomic E-state index is 6.19. The van der Waals surface area contributed by atoms with Crippen molar-refractivity contribution in [3.63, 3.8) is 0 Å². The van der Waals surface area contributed by atoms with Crippen LogP contribution < -0.4 is 10.6 Å². The van der Waals surface area contributed by atoms with E-state index in [2.05, 4.69) is 11.0 Å². The lowest BCUT2D eigenvalue weighted by Crippen LogP contribution is -2.27. The van der Waals surface area contributed by atoms with Crippen molar-refractivity contribution in [2.45, 2.75) is 25.7 Å². The predicted molar refractivity (Wildman–Crippen MR) is 78.0 cm³/mol. The Labute approximate surface area is 113 Å². The van der Waals surface area contributed by atoms with Gasteiger partial charge in [-0.2, -0.15) is 0 Å². The summed E-state index contributed by atoms with van der Waals surface area (Å²) in [5.41, 5.74) is 7.70. The SMILES string of the molecule is NC(=S)c1c(Cl)cccc1N1CCCCCC1. The van der Waals surface area contributed by atoms with Gasteiger partial charge in [-0.15, -0.1) is 0 Å². The second-order valence-corrected chi connectivity index (χ2v) is 5.25. The Kier molecular flexibility index (Phi) is 4.24. The summed E-state index contributed by atoms with van der Waals surface area (Å²) in [5.74, 6) is 0. The summed E-state index contributed by atoms with van der Waals surface area (Å²) in [6, 6.07) is 5.87. The molecule has 2 N–H and O–H groups in total. The van der Waals surface area contributed by atoms with Gasteiger partial charge in [-0.1, -0.05) is 42.7 Å². The van der Waals surface area contributed by atoms with Gasteiger partial charge in [0.05, 0.1) is 10.6 Å². The third kappa shape index (κ3) is 2.90. The van der Waals surface area contributed by atoms with Gasteiger partial charge in [0.1, 0.15) is 4.99 Å². The molecule has 2 nitrogen and oxygen atoms in total. The zero-order valence-electron chi connectivity index (χ0n) is 9.79. The Morgan fingerprint density at radius 2 is 1.82 bits per heavy atom. The van der Waals surface area contributed by atoms with Crippen molar-refractivity contribution in [1.82, 2.24) is 0 Å². The highest BCUT2D eigenvalue weighted by Gasteiger charge is 2.16. The summed E-state index contributed by atoms with van der Waals surface area (Å²) in [7, 11) is 0. The maximum Gasteiger partial charge on any atom is 0.107 e. The van der Waals surface area contributed by atoms with Gasteiger partial charge in [-0.05, 0) is 25.0 Å². The van der Waals surface area contributed by atoms with E-state index in [1.165, 1.54) is 25.7 Å². The van der Waals surface area contributed by atoms with Crippen LogP contribution in [0.25, 0.3) is 0 Å². The van der Waals surface area contributed by atoms with Crippen LogP contribution in [0.1, 0.15) is 31.2 Å². The van der Waals surface area contributed by atoms with Crippen LogP contribution in [-0.4, -0.2) is 18.1 Å². The molecular weight excluding hydrogens is 252 g/mol. The molecule has 1 fully saturated rings. The monoisotopic (exact) mass is 268 g/mol. The quantitative estimate of drug-likeness (QED) is 0.834. The van der Waals surface area contributed by atoms with Gasteiger partial charge in [0.2, 0.25) is 0 Å². The van der Waals surface area contributed by atoms with E-state index < -0.39 is 0 Å². The molecule has 92 valence electrons. The van der Waals surface area contributed by atoms with Crippen molar-refractivity contribution < 1.29 is 0 Å². The summed E-state index contributed by atoms with van der Waals surface area (Å²) in [6.45, 7) is 2.13. The number of hydrogen-bond donors (Lipinski definition) is 1. The van der Waals surface area contributed by atoms with Crippen LogP contribution in [0.15, 0.2) is 18.2 Å². The van der Waals surface area contributed by atoms with Crippen molar-refractivity contribution >= 4 is 34.5 Å². The van der Waals surface area contributed by atoms with E-state index in [9.17, 15) is 0 Å². The standard InChI is InChI=1S/C13H17ClN2S/c14-10-6-5-7-11(12(10)13(15)17)16-8-3-1-2-4-9-16/h5-7H,1-4,8-9H2,(H2,15,17). The molecule has 0 atom stereocenters. The number of nitrogens with zero attached hydrogens (tertiary/aromatic N) is 1. The molecule has 0 unspecified atom stereocenters. The number of thiocarbonyl (C=S) groups is 1. The lowest BCUT2D eigenvalue weighted by atomic mass is 10.1. The summed E-state index contributed by atoms with van der Waals surface area (Å²) < 4.78 is 0. The molecule has 1 aliphatic heterocycles. The Balaban J connectivity index is 2.36. The minimum atomic E-state index is 0.384. The molecule has 1 saturated heterocycles. The molecule has 1 heterocycles. The molecule has 2 rings (SSSR count). The number of anilines is 1. The van der Waals surface area contributed by atoms with Crippen LogP contribution in [-0.2, 0) is 0 Å². The Bertz CT molecular complexity index is 412. The van der Waals surface area contributed by atoms with Gasteiger partial charge in [-0.25, -0.2) is 0 Å². The van der Waals surface area contributed by atoms with Crippen molar-refractivity contribution in [3.8, 4) is 0 Å². The number of benzene rings is 1. The number of halogens is 1. The van der Waals surface area contributed by atoms with Crippen molar-refractivity contribution in [3.05, 3.63) is 28.8 Å². The first-order chi connectivity index (χ1) is 8.20. The normalized spacial score (nSPS) is 16.6. The fraction of sp³-hybridized carbons (Fsp3) is 0.462. The molecule has 0 aromatic heterocycles. The molecule has 17 heavy (non-hydrogen) atoms. The largest absolute Gasteiger partial charge is 0.389 e. The molecule has 0 amide bonds. The molecule has 0 aliphatic carbocycles. The van der Waals surface area contributed by atoms with E-state index in [1.54, 1.807) is 0 Å². The second kappa shape index (κ2) is 5.69. The topological polar surface area (TPSA) is 29.3 Å². The Morgan fingerprint density at radius 1 is 1.18 bits per heavy atom. The van der Waals surface area contributed by atoms with Crippen LogP contribution in [0.2, 0.25) is 5.02 Å². The highest BCUT2D eigenvalue weighted by Crippen LogP contribution is 2.29. The highest BCUT2D eigenvalue weighted by atomic mass is 35.5. The highest BCUT2D eigenvalue weighted by molar-refractivity contribution is 7.80. The van der Waals surface area contributed by atoms with Gasteiger partial charge >= 0.3 is 0 Å².